The molecule has 0 atom stereocenters. The summed E-state index contributed by atoms with van der Waals surface area (Å²) < 4.78 is 13.8. The minimum absolute atomic E-state index is 0.127. The molecule has 0 aliphatic heterocycles. The van der Waals surface area contributed by atoms with Gasteiger partial charge < -0.3 is 10.7 Å². The molecule has 0 saturated carbocycles. The van der Waals surface area contributed by atoms with Crippen molar-refractivity contribution < 1.29 is 9.18 Å². The number of pyridine rings is 1. The normalized spacial score (nSPS) is 10.8. The fourth-order valence-corrected chi connectivity index (χ4v) is 2.23. The molecule has 0 bridgehead atoms. The maximum Gasteiger partial charge on any atom is 0.221 e. The number of halogens is 1. The maximum absolute atomic E-state index is 13.8. The number of nitrogens with zero attached hydrogens (tertiary/aromatic N) is 1. The number of carbonyl (C=O) groups excluding carboxylic acids is 1. The van der Waals surface area contributed by atoms with Gasteiger partial charge in [-0.2, -0.15) is 0 Å². The summed E-state index contributed by atoms with van der Waals surface area (Å²) in [5.74, 6) is -0.720. The summed E-state index contributed by atoms with van der Waals surface area (Å²) in [6, 6.07) is 8.32. The Bertz CT molecular complexity index is 795. The third-order valence-electron chi connectivity index (χ3n) is 3.17. The topological polar surface area (TPSA) is 71.8 Å². The van der Waals surface area contributed by atoms with Crippen LogP contribution in [0.2, 0.25) is 0 Å². The summed E-state index contributed by atoms with van der Waals surface area (Å²) >= 11 is 0. The average molecular weight is 269 g/mol. The van der Waals surface area contributed by atoms with Crippen LogP contribution >= 0.6 is 0 Å². The third-order valence-corrected chi connectivity index (χ3v) is 3.17. The van der Waals surface area contributed by atoms with E-state index in [0.717, 1.165) is 10.9 Å². The number of amides is 1. The van der Waals surface area contributed by atoms with Crippen LogP contribution in [0.1, 0.15) is 5.56 Å². The number of aromatic nitrogens is 2. The van der Waals surface area contributed by atoms with Crippen LogP contribution in [0.25, 0.3) is 22.2 Å². The number of primary amides is 1. The number of carbonyl (C=O) groups is 1. The highest BCUT2D eigenvalue weighted by atomic mass is 19.1. The molecule has 100 valence electrons. The molecular weight excluding hydrogens is 257 g/mol. The molecule has 0 aliphatic carbocycles. The van der Waals surface area contributed by atoms with Gasteiger partial charge in [0.15, 0.2) is 0 Å². The van der Waals surface area contributed by atoms with Gasteiger partial charge in [-0.05, 0) is 17.7 Å². The second-order valence-electron chi connectivity index (χ2n) is 4.56. The standard InChI is InChI=1S/C15H12FN3O/c16-13-4-2-1-3-11(13)9-5-12-10(6-14(17)20)8-19-15(12)18-7-9/h1-5,7-8H,6H2,(H2,17,20)(H,18,19). The number of benzene rings is 1. The SMILES string of the molecule is NC(=O)Cc1c[nH]c2ncc(-c3ccccc3F)cc12. The molecule has 1 aromatic carbocycles. The van der Waals surface area contributed by atoms with Crippen LogP contribution in [0, 0.1) is 5.82 Å². The van der Waals surface area contributed by atoms with Crippen molar-refractivity contribution in [2.75, 3.05) is 0 Å². The van der Waals surface area contributed by atoms with Crippen LogP contribution in [-0.2, 0) is 11.2 Å². The zero-order valence-electron chi connectivity index (χ0n) is 10.6. The van der Waals surface area contributed by atoms with Crippen molar-refractivity contribution in [3.05, 3.63) is 54.1 Å². The monoisotopic (exact) mass is 269 g/mol. The zero-order chi connectivity index (χ0) is 14.1. The van der Waals surface area contributed by atoms with Gasteiger partial charge in [-0.1, -0.05) is 18.2 Å². The zero-order valence-corrected chi connectivity index (χ0v) is 10.6. The first-order valence-electron chi connectivity index (χ1n) is 6.14. The molecule has 2 heterocycles. The largest absolute Gasteiger partial charge is 0.369 e. The van der Waals surface area contributed by atoms with E-state index in [2.05, 4.69) is 9.97 Å². The number of H-pyrrole nitrogens is 1. The van der Waals surface area contributed by atoms with Crippen LogP contribution in [-0.4, -0.2) is 15.9 Å². The molecule has 0 saturated heterocycles. The highest BCUT2D eigenvalue weighted by Gasteiger charge is 2.10. The van der Waals surface area contributed by atoms with Crippen molar-refractivity contribution in [3.63, 3.8) is 0 Å². The van der Waals surface area contributed by atoms with E-state index < -0.39 is 5.91 Å². The Morgan fingerprint density at radius 3 is 2.90 bits per heavy atom. The van der Waals surface area contributed by atoms with Crippen molar-refractivity contribution >= 4 is 16.9 Å². The molecule has 3 rings (SSSR count). The van der Waals surface area contributed by atoms with Crippen LogP contribution in [0.3, 0.4) is 0 Å². The second kappa shape index (κ2) is 4.77. The number of aromatic amines is 1. The Hall–Kier alpha value is -2.69. The Kier molecular flexibility index (Phi) is 2.95. The molecule has 2 aromatic heterocycles. The van der Waals surface area contributed by atoms with E-state index in [1.54, 1.807) is 30.6 Å². The van der Waals surface area contributed by atoms with Gasteiger partial charge in [0.05, 0.1) is 6.42 Å². The van der Waals surface area contributed by atoms with Crippen molar-refractivity contribution in [2.24, 2.45) is 5.73 Å². The van der Waals surface area contributed by atoms with Crippen molar-refractivity contribution in [3.8, 4) is 11.1 Å². The average Bonchev–Trinajstić information content (AvgIpc) is 2.81. The van der Waals surface area contributed by atoms with Gasteiger partial charge in [-0.15, -0.1) is 0 Å². The molecule has 3 N–H and O–H groups in total. The first-order chi connectivity index (χ1) is 9.65. The van der Waals surface area contributed by atoms with Gasteiger partial charge in [-0.3, -0.25) is 4.79 Å². The molecule has 4 nitrogen and oxygen atoms in total. The Balaban J connectivity index is 2.14. The van der Waals surface area contributed by atoms with Gasteiger partial charge in [0, 0.05) is 28.9 Å². The summed E-state index contributed by atoms with van der Waals surface area (Å²) in [5, 5.41) is 0.782. The lowest BCUT2D eigenvalue weighted by Gasteiger charge is -2.03. The Labute approximate surface area is 114 Å². The maximum atomic E-state index is 13.8. The Morgan fingerprint density at radius 2 is 2.15 bits per heavy atom. The minimum atomic E-state index is -0.415. The number of hydrogen-bond donors (Lipinski definition) is 2. The lowest BCUT2D eigenvalue weighted by molar-refractivity contribution is -0.117. The van der Waals surface area contributed by atoms with Crippen LogP contribution in [0.15, 0.2) is 42.7 Å². The first-order valence-corrected chi connectivity index (χ1v) is 6.14. The molecule has 0 fully saturated rings. The third kappa shape index (κ3) is 2.14. The fraction of sp³-hybridized carbons (Fsp3) is 0.0667. The van der Waals surface area contributed by atoms with Crippen molar-refractivity contribution in [2.45, 2.75) is 6.42 Å². The Morgan fingerprint density at radius 1 is 1.35 bits per heavy atom. The molecule has 0 radical (unpaired) electrons. The van der Waals surface area contributed by atoms with Gasteiger partial charge in [0.2, 0.25) is 5.91 Å². The molecule has 0 unspecified atom stereocenters. The quantitative estimate of drug-likeness (QED) is 0.766. The van der Waals surface area contributed by atoms with Crippen LogP contribution in [0.5, 0.6) is 0 Å². The number of rotatable bonds is 3. The van der Waals surface area contributed by atoms with Gasteiger partial charge in [-0.25, -0.2) is 9.37 Å². The smallest absolute Gasteiger partial charge is 0.221 e. The molecular formula is C15H12FN3O. The number of nitrogens with two attached hydrogens (primary N) is 1. The van der Waals surface area contributed by atoms with E-state index in [4.69, 9.17) is 5.73 Å². The number of nitrogens with one attached hydrogen (secondary N) is 1. The summed E-state index contributed by atoms with van der Waals surface area (Å²) in [6.45, 7) is 0. The lowest BCUT2D eigenvalue weighted by Crippen LogP contribution is -2.13. The molecule has 0 aliphatic rings. The first kappa shape index (κ1) is 12.3. The van der Waals surface area contributed by atoms with Gasteiger partial charge >= 0.3 is 0 Å². The summed E-state index contributed by atoms with van der Waals surface area (Å²) in [6.07, 6.45) is 3.43. The van der Waals surface area contributed by atoms with Gasteiger partial charge in [0.25, 0.3) is 0 Å². The minimum Gasteiger partial charge on any atom is -0.369 e. The van der Waals surface area contributed by atoms with Crippen LogP contribution in [0.4, 0.5) is 4.39 Å². The van der Waals surface area contributed by atoms with E-state index in [0.29, 0.717) is 16.8 Å². The second-order valence-corrected chi connectivity index (χ2v) is 4.56. The molecule has 5 heteroatoms. The van der Waals surface area contributed by atoms with Gasteiger partial charge in [0.1, 0.15) is 11.5 Å². The fourth-order valence-electron chi connectivity index (χ4n) is 2.23. The number of hydrogen-bond acceptors (Lipinski definition) is 2. The predicted octanol–water partition coefficient (Wildman–Crippen LogP) is 2.40. The number of fused-ring (bicyclic) bond motifs is 1. The van der Waals surface area contributed by atoms with E-state index in [1.165, 1.54) is 6.07 Å². The highest BCUT2D eigenvalue weighted by molar-refractivity contribution is 5.89. The van der Waals surface area contributed by atoms with E-state index >= 15 is 0 Å². The predicted molar refractivity (Wildman–Crippen MR) is 74.4 cm³/mol. The lowest BCUT2D eigenvalue weighted by atomic mass is 10.0. The van der Waals surface area contributed by atoms with Crippen LogP contribution < -0.4 is 5.73 Å². The summed E-state index contributed by atoms with van der Waals surface area (Å²) in [4.78, 5) is 18.3. The highest BCUT2D eigenvalue weighted by Crippen LogP contribution is 2.26. The summed E-state index contributed by atoms with van der Waals surface area (Å²) in [5.41, 5.74) is 7.78. The molecule has 20 heavy (non-hydrogen) atoms. The van der Waals surface area contributed by atoms with Crippen molar-refractivity contribution in [1.82, 2.24) is 9.97 Å². The molecule has 0 spiro atoms. The van der Waals surface area contributed by atoms with Crippen molar-refractivity contribution in [1.29, 1.82) is 0 Å². The van der Waals surface area contributed by atoms with E-state index in [9.17, 15) is 9.18 Å². The molecule has 3 aromatic rings. The molecule has 1 amide bonds. The van der Waals surface area contributed by atoms with E-state index in [-0.39, 0.29) is 12.2 Å². The van der Waals surface area contributed by atoms with E-state index in [1.807, 2.05) is 6.07 Å². The summed E-state index contributed by atoms with van der Waals surface area (Å²) in [7, 11) is 0.